The summed E-state index contributed by atoms with van der Waals surface area (Å²) in [5, 5.41) is 5.57. The Balaban J connectivity index is 2.24. The van der Waals surface area contributed by atoms with Crippen LogP contribution in [0.4, 0.5) is 0 Å². The van der Waals surface area contributed by atoms with Crippen LogP contribution in [0.5, 0.6) is 0 Å². The number of nitrogens with zero attached hydrogens (tertiary/aromatic N) is 1. The Bertz CT molecular complexity index is 446. The first-order chi connectivity index (χ1) is 10.0. The van der Waals surface area contributed by atoms with E-state index in [0.29, 0.717) is 6.54 Å². The Morgan fingerprint density at radius 3 is 2.57 bits per heavy atom. The molecule has 1 rings (SSSR count). The molecule has 0 saturated heterocycles. The summed E-state index contributed by atoms with van der Waals surface area (Å²) in [7, 11) is 0. The number of rotatable bonds is 8. The first-order valence-electron chi connectivity index (χ1n) is 7.45. The number of carbonyl (C=O) groups excluding carboxylic acids is 2. The summed E-state index contributed by atoms with van der Waals surface area (Å²) in [5.74, 6) is -0.223. The molecule has 0 aromatic carbocycles. The molecule has 0 saturated carbocycles. The maximum atomic E-state index is 12.0. The normalized spacial score (nSPS) is 12.0. The third-order valence-electron chi connectivity index (χ3n) is 3.19. The van der Waals surface area contributed by atoms with Crippen molar-refractivity contribution >= 4 is 11.8 Å². The molecule has 0 fully saturated rings. The minimum absolute atomic E-state index is 0.0717. The van der Waals surface area contributed by atoms with Gasteiger partial charge in [-0.2, -0.15) is 0 Å². The van der Waals surface area contributed by atoms with Crippen molar-refractivity contribution in [2.75, 3.05) is 6.54 Å². The number of unbranched alkanes of at least 4 members (excludes halogenated alkanes) is 1. The maximum Gasteiger partial charge on any atom is 0.242 e. The smallest absolute Gasteiger partial charge is 0.242 e. The summed E-state index contributed by atoms with van der Waals surface area (Å²) in [6.07, 6.45) is 4.57. The van der Waals surface area contributed by atoms with E-state index in [1.54, 1.807) is 6.20 Å². The second-order valence-electron chi connectivity index (χ2n) is 5.49. The van der Waals surface area contributed by atoms with Crippen LogP contribution in [0.25, 0.3) is 0 Å². The van der Waals surface area contributed by atoms with E-state index in [9.17, 15) is 9.59 Å². The van der Waals surface area contributed by atoms with Gasteiger partial charge in [-0.1, -0.05) is 19.9 Å². The first kappa shape index (κ1) is 17.1. The third kappa shape index (κ3) is 6.88. The van der Waals surface area contributed by atoms with Crippen molar-refractivity contribution in [1.82, 2.24) is 15.6 Å². The van der Waals surface area contributed by atoms with Gasteiger partial charge < -0.3 is 10.6 Å². The minimum atomic E-state index is -0.460. The number of aryl methyl sites for hydroxylation is 1. The standard InChI is InChI=1S/C16H25N3O2/c1-12(2)15(19-13(3)20)16(21)18-11-7-5-9-14-8-4-6-10-17-14/h4,6,8,10,12,15H,5,7,9,11H2,1-3H3,(H,18,21)(H,19,20)/t15-/m1/s1. The summed E-state index contributed by atoms with van der Waals surface area (Å²) in [6.45, 7) is 5.88. The van der Waals surface area contributed by atoms with Crippen LogP contribution in [0.1, 0.15) is 39.3 Å². The van der Waals surface area contributed by atoms with Crippen LogP contribution in [0.15, 0.2) is 24.4 Å². The summed E-state index contributed by atoms with van der Waals surface area (Å²) in [6, 6.07) is 5.42. The van der Waals surface area contributed by atoms with E-state index >= 15 is 0 Å². The van der Waals surface area contributed by atoms with Crippen LogP contribution in [0.3, 0.4) is 0 Å². The van der Waals surface area contributed by atoms with E-state index in [-0.39, 0.29) is 17.7 Å². The van der Waals surface area contributed by atoms with Crippen molar-refractivity contribution in [1.29, 1.82) is 0 Å². The summed E-state index contributed by atoms with van der Waals surface area (Å²) in [5.41, 5.74) is 1.07. The molecule has 0 radical (unpaired) electrons. The zero-order valence-electron chi connectivity index (χ0n) is 13.1. The SMILES string of the molecule is CC(=O)N[C@@H](C(=O)NCCCCc1ccccn1)C(C)C. The van der Waals surface area contributed by atoms with Crippen molar-refractivity contribution in [3.63, 3.8) is 0 Å². The predicted octanol–water partition coefficient (Wildman–Crippen LogP) is 1.68. The Morgan fingerprint density at radius 1 is 1.24 bits per heavy atom. The quantitative estimate of drug-likeness (QED) is 0.716. The number of hydrogen-bond donors (Lipinski definition) is 2. The maximum absolute atomic E-state index is 12.0. The number of amides is 2. The van der Waals surface area contributed by atoms with Gasteiger partial charge in [0, 0.05) is 25.4 Å². The fourth-order valence-electron chi connectivity index (χ4n) is 2.05. The van der Waals surface area contributed by atoms with Gasteiger partial charge in [-0.3, -0.25) is 14.6 Å². The highest BCUT2D eigenvalue weighted by Gasteiger charge is 2.22. The summed E-state index contributed by atoms with van der Waals surface area (Å²) >= 11 is 0. The molecule has 0 aliphatic rings. The molecule has 1 atom stereocenters. The Labute approximate surface area is 126 Å². The molecule has 5 heteroatoms. The van der Waals surface area contributed by atoms with Gasteiger partial charge in [0.1, 0.15) is 6.04 Å². The van der Waals surface area contributed by atoms with Gasteiger partial charge in [-0.15, -0.1) is 0 Å². The highest BCUT2D eigenvalue weighted by molar-refractivity contribution is 5.86. The molecule has 0 bridgehead atoms. The van der Waals surface area contributed by atoms with Gasteiger partial charge in [-0.05, 0) is 37.3 Å². The van der Waals surface area contributed by atoms with Crippen LogP contribution < -0.4 is 10.6 Å². The molecule has 2 amide bonds. The molecule has 2 N–H and O–H groups in total. The molecule has 0 unspecified atom stereocenters. The largest absolute Gasteiger partial charge is 0.354 e. The van der Waals surface area contributed by atoms with Crippen molar-refractivity contribution < 1.29 is 9.59 Å². The molecule has 1 heterocycles. The number of pyridine rings is 1. The number of nitrogens with one attached hydrogen (secondary N) is 2. The molecular formula is C16H25N3O2. The second kappa shape index (κ2) is 9.10. The average molecular weight is 291 g/mol. The molecule has 5 nitrogen and oxygen atoms in total. The van der Waals surface area contributed by atoms with E-state index in [2.05, 4.69) is 15.6 Å². The fourth-order valence-corrected chi connectivity index (χ4v) is 2.05. The average Bonchev–Trinajstić information content (AvgIpc) is 2.44. The van der Waals surface area contributed by atoms with Gasteiger partial charge in [0.05, 0.1) is 0 Å². The van der Waals surface area contributed by atoms with E-state index in [1.165, 1.54) is 6.92 Å². The summed E-state index contributed by atoms with van der Waals surface area (Å²) in [4.78, 5) is 27.4. The van der Waals surface area contributed by atoms with Gasteiger partial charge in [0.25, 0.3) is 0 Å². The zero-order valence-corrected chi connectivity index (χ0v) is 13.1. The highest BCUT2D eigenvalue weighted by Crippen LogP contribution is 2.03. The van der Waals surface area contributed by atoms with Crippen LogP contribution in [0.2, 0.25) is 0 Å². The zero-order chi connectivity index (χ0) is 15.7. The van der Waals surface area contributed by atoms with Crippen LogP contribution >= 0.6 is 0 Å². The Hall–Kier alpha value is -1.91. The minimum Gasteiger partial charge on any atom is -0.354 e. The lowest BCUT2D eigenvalue weighted by Gasteiger charge is -2.20. The van der Waals surface area contributed by atoms with Crippen molar-refractivity contribution in [2.24, 2.45) is 5.92 Å². The number of hydrogen-bond acceptors (Lipinski definition) is 3. The molecule has 21 heavy (non-hydrogen) atoms. The van der Waals surface area contributed by atoms with Gasteiger partial charge in [-0.25, -0.2) is 0 Å². The lowest BCUT2D eigenvalue weighted by Crippen LogP contribution is -2.49. The lowest BCUT2D eigenvalue weighted by atomic mass is 10.0. The van der Waals surface area contributed by atoms with Crippen molar-refractivity contribution in [2.45, 2.75) is 46.1 Å². The first-order valence-corrected chi connectivity index (χ1v) is 7.45. The highest BCUT2D eigenvalue weighted by atomic mass is 16.2. The number of aromatic nitrogens is 1. The van der Waals surface area contributed by atoms with E-state index in [4.69, 9.17) is 0 Å². The monoisotopic (exact) mass is 291 g/mol. The molecule has 1 aromatic heterocycles. The summed E-state index contributed by atoms with van der Waals surface area (Å²) < 4.78 is 0. The topological polar surface area (TPSA) is 71.1 Å². The second-order valence-corrected chi connectivity index (χ2v) is 5.49. The fraction of sp³-hybridized carbons (Fsp3) is 0.562. The van der Waals surface area contributed by atoms with Crippen LogP contribution in [-0.4, -0.2) is 29.4 Å². The van der Waals surface area contributed by atoms with Gasteiger partial charge in [0.2, 0.25) is 11.8 Å². The molecule has 0 aliphatic carbocycles. The van der Waals surface area contributed by atoms with Crippen molar-refractivity contribution in [3.8, 4) is 0 Å². The Morgan fingerprint density at radius 2 is 2.00 bits per heavy atom. The predicted molar refractivity (Wildman–Crippen MR) is 82.6 cm³/mol. The molecule has 0 spiro atoms. The lowest BCUT2D eigenvalue weighted by molar-refractivity contribution is -0.129. The van der Waals surface area contributed by atoms with E-state index < -0.39 is 6.04 Å². The van der Waals surface area contributed by atoms with Crippen LogP contribution in [-0.2, 0) is 16.0 Å². The van der Waals surface area contributed by atoms with Crippen molar-refractivity contribution in [3.05, 3.63) is 30.1 Å². The molecule has 0 aliphatic heterocycles. The van der Waals surface area contributed by atoms with E-state index in [1.807, 2.05) is 32.0 Å². The molecule has 116 valence electrons. The van der Waals surface area contributed by atoms with Crippen LogP contribution in [0, 0.1) is 5.92 Å². The van der Waals surface area contributed by atoms with E-state index in [0.717, 1.165) is 25.0 Å². The van der Waals surface area contributed by atoms with Gasteiger partial charge in [0.15, 0.2) is 0 Å². The number of carbonyl (C=O) groups is 2. The molecular weight excluding hydrogens is 266 g/mol. The third-order valence-corrected chi connectivity index (χ3v) is 3.19. The molecule has 1 aromatic rings. The van der Waals surface area contributed by atoms with Gasteiger partial charge >= 0.3 is 0 Å². The Kier molecular flexibility index (Phi) is 7.43.